The van der Waals surface area contributed by atoms with Crippen LogP contribution in [0, 0.1) is 5.92 Å². The lowest BCUT2D eigenvalue weighted by Crippen LogP contribution is -2.97. The van der Waals surface area contributed by atoms with Gasteiger partial charge in [0.25, 0.3) is 0 Å². The summed E-state index contributed by atoms with van der Waals surface area (Å²) in [5.74, 6) is 1.08. The molecule has 0 aromatic heterocycles. The van der Waals surface area contributed by atoms with E-state index >= 15 is 0 Å². The average Bonchev–Trinajstić information content (AvgIpc) is 3.06. The van der Waals surface area contributed by atoms with Gasteiger partial charge in [0.1, 0.15) is 0 Å². The van der Waals surface area contributed by atoms with E-state index in [4.69, 9.17) is 10.7 Å². The first-order valence-electron chi connectivity index (χ1n) is 10.9. The van der Waals surface area contributed by atoms with Gasteiger partial charge in [-0.1, -0.05) is 13.8 Å². The van der Waals surface area contributed by atoms with Crippen molar-refractivity contribution in [1.29, 1.82) is 0 Å². The number of nitrogens with zero attached hydrogens (tertiary/aromatic N) is 1. The topological polar surface area (TPSA) is 109 Å². The maximum atomic E-state index is 12.6. The normalized spacial score (nSPS) is 21.3. The molecule has 5 N–H and O–H groups in total. The fraction of sp³-hybridized carbons (Fsp3) is 0.609. The van der Waals surface area contributed by atoms with Crippen LogP contribution in [-0.2, 0) is 16.3 Å². The van der Waals surface area contributed by atoms with Gasteiger partial charge >= 0.3 is 0 Å². The van der Waals surface area contributed by atoms with Crippen molar-refractivity contribution in [3.8, 4) is 0 Å². The van der Waals surface area contributed by atoms with E-state index < -0.39 is 9.84 Å². The first kappa shape index (κ1) is 24.6. The number of hydrogen-bond donors (Lipinski definition) is 3. The summed E-state index contributed by atoms with van der Waals surface area (Å²) in [6, 6.07) is 5.31. The fourth-order valence-electron chi connectivity index (χ4n) is 3.84. The van der Waals surface area contributed by atoms with Gasteiger partial charge in [-0.2, -0.15) is 4.99 Å². The molecule has 2 rings (SSSR count). The fourth-order valence-corrected chi connectivity index (χ4v) is 5.48. The highest BCUT2D eigenvalue weighted by Crippen LogP contribution is 2.29. The number of sulfone groups is 1. The number of allylic oxidation sites excluding steroid dienone is 1. The Morgan fingerprint density at radius 1 is 1.30 bits per heavy atom. The highest BCUT2D eigenvalue weighted by Gasteiger charge is 2.26. The molecule has 168 valence electrons. The summed E-state index contributed by atoms with van der Waals surface area (Å²) in [7, 11) is -3.27. The SMILES string of the molecule is CCCS(=O)(=O)c1ccc(N=C(/C=C(\N)[C@H]2CC[C@@H](O)C2)[NH2+]C(C)(C)C)cc1CC. The van der Waals surface area contributed by atoms with Crippen molar-refractivity contribution in [1.82, 2.24) is 0 Å². The van der Waals surface area contributed by atoms with Crippen LogP contribution in [0.3, 0.4) is 0 Å². The van der Waals surface area contributed by atoms with E-state index in [0.717, 1.165) is 29.9 Å². The molecule has 1 saturated carbocycles. The third-order valence-electron chi connectivity index (χ3n) is 5.26. The number of rotatable bonds is 7. The van der Waals surface area contributed by atoms with Gasteiger partial charge in [0.2, 0.25) is 5.84 Å². The largest absolute Gasteiger partial charge is 0.402 e. The minimum absolute atomic E-state index is 0.0944. The summed E-state index contributed by atoms with van der Waals surface area (Å²) in [5.41, 5.74) is 8.50. The van der Waals surface area contributed by atoms with Crippen LogP contribution < -0.4 is 11.1 Å². The molecule has 7 heteroatoms. The number of hydrogen-bond acceptors (Lipinski definition) is 5. The second kappa shape index (κ2) is 10.1. The number of nitrogens with two attached hydrogens (primary N) is 2. The van der Waals surface area contributed by atoms with Gasteiger partial charge in [-0.05, 0) is 76.6 Å². The number of benzene rings is 1. The lowest BCUT2D eigenvalue weighted by atomic mass is 10.0. The Kier molecular flexibility index (Phi) is 8.25. The maximum Gasteiger partial charge on any atom is 0.226 e. The van der Waals surface area contributed by atoms with E-state index in [1.165, 1.54) is 0 Å². The molecule has 6 nitrogen and oxygen atoms in total. The number of aliphatic imine (C=N–C) groups is 1. The molecule has 0 unspecified atom stereocenters. The second-order valence-electron chi connectivity index (χ2n) is 9.32. The summed E-state index contributed by atoms with van der Waals surface area (Å²) < 4.78 is 25.1. The quantitative estimate of drug-likeness (QED) is 0.451. The minimum atomic E-state index is -3.27. The van der Waals surface area contributed by atoms with Gasteiger partial charge in [-0.3, -0.25) is 5.32 Å². The van der Waals surface area contributed by atoms with Crippen molar-refractivity contribution >= 4 is 21.4 Å². The minimum Gasteiger partial charge on any atom is -0.402 e. The van der Waals surface area contributed by atoms with Gasteiger partial charge in [-0.15, -0.1) is 0 Å². The Hall–Kier alpha value is -1.70. The van der Waals surface area contributed by atoms with Crippen molar-refractivity contribution in [3.05, 3.63) is 35.5 Å². The molecule has 1 fully saturated rings. The Morgan fingerprint density at radius 3 is 2.53 bits per heavy atom. The highest BCUT2D eigenvalue weighted by molar-refractivity contribution is 7.91. The number of aryl methyl sites for hydroxylation is 1. The van der Waals surface area contributed by atoms with E-state index in [1.54, 1.807) is 12.1 Å². The summed E-state index contributed by atoms with van der Waals surface area (Å²) >= 11 is 0. The van der Waals surface area contributed by atoms with Crippen LogP contribution in [-0.4, -0.2) is 36.8 Å². The molecule has 30 heavy (non-hydrogen) atoms. The third-order valence-corrected chi connectivity index (χ3v) is 7.28. The van der Waals surface area contributed by atoms with E-state index in [1.807, 2.05) is 26.0 Å². The molecule has 1 aliphatic rings. The zero-order valence-electron chi connectivity index (χ0n) is 19.0. The molecule has 0 amide bonds. The van der Waals surface area contributed by atoms with Crippen LogP contribution in [0.4, 0.5) is 5.69 Å². The number of aliphatic hydroxyl groups is 1. The van der Waals surface area contributed by atoms with E-state index in [9.17, 15) is 13.5 Å². The average molecular weight is 437 g/mol. The van der Waals surface area contributed by atoms with Crippen LogP contribution in [0.25, 0.3) is 0 Å². The molecule has 0 saturated heterocycles. The molecule has 1 aromatic rings. The van der Waals surface area contributed by atoms with Crippen LogP contribution >= 0.6 is 0 Å². The Labute approximate surface area is 181 Å². The number of quaternary nitrogens is 1. The van der Waals surface area contributed by atoms with Gasteiger partial charge in [0.05, 0.1) is 28.0 Å². The number of aliphatic hydroxyl groups excluding tert-OH is 1. The molecule has 2 atom stereocenters. The molecule has 0 bridgehead atoms. The summed E-state index contributed by atoms with van der Waals surface area (Å²) in [6.45, 7) is 10.1. The predicted molar refractivity (Wildman–Crippen MR) is 123 cm³/mol. The molecule has 0 spiro atoms. The van der Waals surface area contributed by atoms with Crippen LogP contribution in [0.2, 0.25) is 0 Å². The van der Waals surface area contributed by atoms with Crippen LogP contribution in [0.15, 0.2) is 39.9 Å². The predicted octanol–water partition coefficient (Wildman–Crippen LogP) is 2.83. The summed E-state index contributed by atoms with van der Waals surface area (Å²) in [4.78, 5) is 5.20. The molecular formula is C23H38N3O3S+. The Bertz CT molecular complexity index is 899. The zero-order valence-corrected chi connectivity index (χ0v) is 19.8. The molecule has 1 aromatic carbocycles. The van der Waals surface area contributed by atoms with Crippen molar-refractivity contribution < 1.29 is 18.8 Å². The standard InChI is InChI=1S/C23H37N3O3S/c1-6-12-30(28,29)21-11-9-18(13-16(21)7-2)25-22(26-23(3,4)5)15-20(24)17-8-10-19(27)14-17/h9,11,13,15,17,19,27H,6-8,10,12,14,24H2,1-5H3,(H,25,26)/p+1/b20-15-/t17-,19+/m0/s1. The summed E-state index contributed by atoms with van der Waals surface area (Å²) in [6.07, 6.45) is 5.20. The first-order chi connectivity index (χ1) is 13.9. The molecule has 1 aliphatic carbocycles. The number of amidine groups is 1. The first-order valence-corrected chi connectivity index (χ1v) is 12.6. The summed E-state index contributed by atoms with van der Waals surface area (Å²) in [5, 5.41) is 11.9. The van der Waals surface area contributed by atoms with E-state index in [0.29, 0.717) is 29.8 Å². The van der Waals surface area contributed by atoms with Gasteiger partial charge in [-0.25, -0.2) is 8.42 Å². The lowest BCUT2D eigenvalue weighted by Gasteiger charge is -2.18. The van der Waals surface area contributed by atoms with Crippen molar-refractivity contribution in [2.24, 2.45) is 16.6 Å². The van der Waals surface area contributed by atoms with Crippen molar-refractivity contribution in [3.63, 3.8) is 0 Å². The monoisotopic (exact) mass is 436 g/mol. The Balaban J connectivity index is 2.42. The van der Waals surface area contributed by atoms with Crippen molar-refractivity contribution in [2.45, 2.75) is 83.3 Å². The third kappa shape index (κ3) is 6.93. The Morgan fingerprint density at radius 2 is 2.00 bits per heavy atom. The zero-order chi connectivity index (χ0) is 22.5. The van der Waals surface area contributed by atoms with Crippen molar-refractivity contribution in [2.75, 3.05) is 5.75 Å². The van der Waals surface area contributed by atoms with Crippen LogP contribution in [0.1, 0.15) is 65.9 Å². The lowest BCUT2D eigenvalue weighted by molar-refractivity contribution is -0.612. The second-order valence-corrected chi connectivity index (χ2v) is 11.4. The molecular weight excluding hydrogens is 398 g/mol. The van der Waals surface area contributed by atoms with Gasteiger partial charge in [0.15, 0.2) is 9.84 Å². The molecule has 0 heterocycles. The smallest absolute Gasteiger partial charge is 0.226 e. The van der Waals surface area contributed by atoms with Crippen LogP contribution in [0.5, 0.6) is 0 Å². The van der Waals surface area contributed by atoms with Gasteiger partial charge in [0, 0.05) is 17.7 Å². The van der Waals surface area contributed by atoms with E-state index in [-0.39, 0.29) is 23.3 Å². The van der Waals surface area contributed by atoms with E-state index in [2.05, 4.69) is 26.1 Å². The molecule has 0 aliphatic heterocycles. The van der Waals surface area contributed by atoms with Gasteiger partial charge < -0.3 is 10.8 Å². The maximum absolute atomic E-state index is 12.6. The highest BCUT2D eigenvalue weighted by atomic mass is 32.2. The molecule has 0 radical (unpaired) electrons.